The highest BCUT2D eigenvalue weighted by molar-refractivity contribution is 5.94. The fraction of sp³-hybridized carbons (Fsp3) is 0.619. The van der Waals surface area contributed by atoms with E-state index in [1.165, 1.54) is 25.7 Å². The molecule has 4 heteroatoms. The Morgan fingerprint density at radius 3 is 1.88 bits per heavy atom. The van der Waals surface area contributed by atoms with Crippen molar-refractivity contribution >= 4 is 12.1 Å². The third-order valence-electron chi connectivity index (χ3n) is 2.60. The van der Waals surface area contributed by atoms with Crippen molar-refractivity contribution in [1.29, 1.82) is 5.41 Å². The topological polar surface area (TPSA) is 76.2 Å². The summed E-state index contributed by atoms with van der Waals surface area (Å²) in [5.41, 5.74) is 6.10. The average Bonchev–Trinajstić information content (AvgIpc) is 2.64. The zero-order valence-corrected chi connectivity index (χ0v) is 17.2. The number of benzene rings is 1. The van der Waals surface area contributed by atoms with E-state index in [1.54, 1.807) is 0 Å². The molecular weight excluding hydrogens is 312 g/mol. The van der Waals surface area contributed by atoms with Crippen LogP contribution in [-0.4, -0.2) is 18.7 Å². The number of hydrogen-bond donors (Lipinski definition) is 2. The highest BCUT2D eigenvalue weighted by atomic mass is 16.5. The van der Waals surface area contributed by atoms with Crippen LogP contribution in [0.3, 0.4) is 0 Å². The molecule has 3 N–H and O–H groups in total. The Morgan fingerprint density at radius 1 is 1.04 bits per heavy atom. The number of hydrogen-bond acceptors (Lipinski definition) is 3. The van der Waals surface area contributed by atoms with Crippen molar-refractivity contribution in [2.24, 2.45) is 5.73 Å². The van der Waals surface area contributed by atoms with Crippen LogP contribution in [0.1, 0.15) is 85.6 Å². The maximum atomic E-state index is 9.17. The van der Waals surface area contributed by atoms with E-state index in [0.29, 0.717) is 6.42 Å². The Labute approximate surface area is 155 Å². The molecule has 0 spiro atoms. The van der Waals surface area contributed by atoms with E-state index in [4.69, 9.17) is 15.9 Å². The second kappa shape index (κ2) is 24.4. The van der Waals surface area contributed by atoms with Gasteiger partial charge in [-0.1, -0.05) is 67.2 Å². The standard InChI is InChI=1S/C13H20N2O.C3H6O.C3H8.C2H6/c1-2-3-4-5-10-16-12-8-6-11(7-9-12)13(14)15;1-2-3-4;1-3-2;1-2/h6-9H,2-5,10H2,1H3,(H3,14,15);3H,2H2,1H3;3H2,1-2H3;1-2H3. The molecule has 0 unspecified atom stereocenters. The molecule has 4 nitrogen and oxygen atoms in total. The zero-order chi connectivity index (χ0) is 19.9. The second-order valence-corrected chi connectivity index (χ2v) is 5.13. The summed E-state index contributed by atoms with van der Waals surface area (Å²) in [5.74, 6) is 0.941. The number of nitrogens with two attached hydrogens (primary N) is 1. The molecule has 0 radical (unpaired) electrons. The van der Waals surface area contributed by atoms with Crippen LogP contribution in [0, 0.1) is 5.41 Å². The first kappa shape index (κ1) is 28.0. The number of aldehydes is 1. The normalized spacial score (nSPS) is 8.40. The van der Waals surface area contributed by atoms with Crippen molar-refractivity contribution in [3.8, 4) is 5.75 Å². The van der Waals surface area contributed by atoms with Crippen molar-refractivity contribution < 1.29 is 9.53 Å². The predicted octanol–water partition coefficient (Wildman–Crippen LogP) is 5.97. The molecule has 0 saturated carbocycles. The lowest BCUT2D eigenvalue weighted by Gasteiger charge is -2.06. The fourth-order valence-electron chi connectivity index (χ4n) is 1.45. The summed E-state index contributed by atoms with van der Waals surface area (Å²) in [6.45, 7) is 13.0. The van der Waals surface area contributed by atoms with E-state index in [-0.39, 0.29) is 5.84 Å². The molecule has 0 aliphatic carbocycles. The first-order chi connectivity index (χ1) is 12.1. The van der Waals surface area contributed by atoms with Gasteiger partial charge in [0, 0.05) is 12.0 Å². The molecular formula is C21H40N2O2. The number of amidine groups is 1. The summed E-state index contributed by atoms with van der Waals surface area (Å²) in [4.78, 5) is 9.17. The second-order valence-electron chi connectivity index (χ2n) is 5.13. The van der Waals surface area contributed by atoms with Gasteiger partial charge >= 0.3 is 0 Å². The van der Waals surface area contributed by atoms with Gasteiger partial charge in [0.25, 0.3) is 0 Å². The van der Waals surface area contributed by atoms with Crippen molar-refractivity contribution in [2.45, 2.75) is 80.1 Å². The van der Waals surface area contributed by atoms with Gasteiger partial charge in [-0.25, -0.2) is 0 Å². The van der Waals surface area contributed by atoms with Crippen LogP contribution in [-0.2, 0) is 4.79 Å². The van der Waals surface area contributed by atoms with Gasteiger partial charge in [0.2, 0.25) is 0 Å². The van der Waals surface area contributed by atoms with E-state index in [1.807, 2.05) is 45.0 Å². The van der Waals surface area contributed by atoms with Gasteiger partial charge in [-0.15, -0.1) is 0 Å². The molecule has 1 rings (SSSR count). The SMILES string of the molecule is CC.CCC.CCC=O.CCCCCCOc1ccc(C(=N)N)cc1. The smallest absolute Gasteiger partial charge is 0.122 e. The largest absolute Gasteiger partial charge is 0.494 e. The maximum Gasteiger partial charge on any atom is 0.122 e. The van der Waals surface area contributed by atoms with Crippen LogP contribution in [0.5, 0.6) is 5.75 Å². The Hall–Kier alpha value is -1.84. The third-order valence-corrected chi connectivity index (χ3v) is 2.60. The average molecular weight is 353 g/mol. The molecule has 25 heavy (non-hydrogen) atoms. The van der Waals surface area contributed by atoms with Crippen LogP contribution in [0.25, 0.3) is 0 Å². The van der Waals surface area contributed by atoms with E-state index in [0.717, 1.165) is 30.6 Å². The van der Waals surface area contributed by atoms with Gasteiger partial charge in [0.05, 0.1) is 6.61 Å². The first-order valence-electron chi connectivity index (χ1n) is 9.58. The maximum absolute atomic E-state index is 9.17. The Bertz CT molecular complexity index is 389. The van der Waals surface area contributed by atoms with Crippen molar-refractivity contribution in [3.63, 3.8) is 0 Å². The molecule has 0 aromatic heterocycles. The number of nitrogen functional groups attached to an aromatic ring is 1. The summed E-state index contributed by atoms with van der Waals surface area (Å²) >= 11 is 0. The molecule has 0 fully saturated rings. The van der Waals surface area contributed by atoms with Crippen LogP contribution in [0.15, 0.2) is 24.3 Å². The van der Waals surface area contributed by atoms with Crippen LogP contribution in [0.4, 0.5) is 0 Å². The molecule has 0 aliphatic rings. The Kier molecular flexibility index (Phi) is 27.3. The van der Waals surface area contributed by atoms with E-state index < -0.39 is 0 Å². The zero-order valence-electron chi connectivity index (χ0n) is 17.2. The van der Waals surface area contributed by atoms with Crippen molar-refractivity contribution in [1.82, 2.24) is 0 Å². The van der Waals surface area contributed by atoms with Crippen molar-refractivity contribution in [3.05, 3.63) is 29.8 Å². The summed E-state index contributed by atoms with van der Waals surface area (Å²) in [6.07, 6.45) is 7.60. The first-order valence-corrected chi connectivity index (χ1v) is 9.58. The predicted molar refractivity (Wildman–Crippen MR) is 111 cm³/mol. The molecule has 0 atom stereocenters. The van der Waals surface area contributed by atoms with Crippen LogP contribution in [0.2, 0.25) is 0 Å². The molecule has 146 valence electrons. The van der Waals surface area contributed by atoms with Gasteiger partial charge in [-0.3, -0.25) is 5.41 Å². The van der Waals surface area contributed by atoms with Gasteiger partial charge in [0.1, 0.15) is 17.9 Å². The quantitative estimate of drug-likeness (QED) is 0.262. The Morgan fingerprint density at radius 2 is 1.52 bits per heavy atom. The number of carbonyl (C=O) groups excluding carboxylic acids is 1. The van der Waals surface area contributed by atoms with Crippen molar-refractivity contribution in [2.75, 3.05) is 6.61 Å². The number of nitrogens with one attached hydrogen (secondary N) is 1. The molecule has 1 aromatic carbocycles. The molecule has 0 heterocycles. The lowest BCUT2D eigenvalue weighted by atomic mass is 10.2. The van der Waals surface area contributed by atoms with E-state index in [9.17, 15) is 4.79 Å². The molecule has 0 bridgehead atoms. The third kappa shape index (κ3) is 22.2. The molecule has 0 amide bonds. The number of unbranched alkanes of at least 4 members (excludes halogenated alkanes) is 3. The summed E-state index contributed by atoms with van der Waals surface area (Å²) < 4.78 is 5.58. The lowest BCUT2D eigenvalue weighted by Crippen LogP contribution is -2.10. The van der Waals surface area contributed by atoms with Crippen LogP contribution < -0.4 is 10.5 Å². The summed E-state index contributed by atoms with van der Waals surface area (Å²) in [5, 5.41) is 7.26. The fourth-order valence-corrected chi connectivity index (χ4v) is 1.45. The van der Waals surface area contributed by atoms with Gasteiger partial charge in [0.15, 0.2) is 0 Å². The Balaban J connectivity index is -0.000000452. The highest BCUT2D eigenvalue weighted by Crippen LogP contribution is 2.12. The number of carbonyl (C=O) groups is 1. The number of ether oxygens (including phenoxy) is 1. The molecule has 0 aliphatic heterocycles. The minimum Gasteiger partial charge on any atom is -0.494 e. The minimum absolute atomic E-state index is 0.0921. The molecule has 0 saturated heterocycles. The van der Waals surface area contributed by atoms with Gasteiger partial charge in [-0.2, -0.15) is 0 Å². The van der Waals surface area contributed by atoms with E-state index in [2.05, 4.69) is 20.8 Å². The van der Waals surface area contributed by atoms with Gasteiger partial charge < -0.3 is 15.3 Å². The van der Waals surface area contributed by atoms with Crippen LogP contribution >= 0.6 is 0 Å². The lowest BCUT2D eigenvalue weighted by molar-refractivity contribution is -0.107. The number of rotatable bonds is 8. The van der Waals surface area contributed by atoms with E-state index >= 15 is 0 Å². The highest BCUT2D eigenvalue weighted by Gasteiger charge is 1.97. The monoisotopic (exact) mass is 352 g/mol. The molecule has 1 aromatic rings. The van der Waals surface area contributed by atoms with Gasteiger partial charge in [-0.05, 0) is 30.7 Å². The minimum atomic E-state index is 0.0921. The summed E-state index contributed by atoms with van der Waals surface area (Å²) in [6, 6.07) is 7.33. The summed E-state index contributed by atoms with van der Waals surface area (Å²) in [7, 11) is 0.